The van der Waals surface area contributed by atoms with Crippen LogP contribution in [0.1, 0.15) is 37.0 Å². The minimum Gasteiger partial charge on any atom is -0.497 e. The molecule has 1 N–H and O–H groups in total. The Morgan fingerprint density at radius 2 is 1.53 bits per heavy atom. The van der Waals surface area contributed by atoms with Gasteiger partial charge in [0.05, 0.1) is 28.3 Å². The van der Waals surface area contributed by atoms with Gasteiger partial charge in [0.15, 0.2) is 0 Å². The van der Waals surface area contributed by atoms with Crippen LogP contribution in [0.3, 0.4) is 0 Å². The molecule has 0 aliphatic rings. The highest BCUT2D eigenvalue weighted by molar-refractivity contribution is 7.92. The van der Waals surface area contributed by atoms with Crippen LogP contribution < -0.4 is 14.4 Å². The second kappa shape index (κ2) is 16.2. The maximum atomic E-state index is 14.6. The molecule has 0 bridgehead atoms. The lowest BCUT2D eigenvalue weighted by Gasteiger charge is -2.34. The maximum Gasteiger partial charge on any atom is 0.416 e. The molecule has 0 radical (unpaired) electrons. The van der Waals surface area contributed by atoms with E-state index in [9.17, 15) is 31.2 Å². The zero-order valence-corrected chi connectivity index (χ0v) is 28.7. The number of carbonyl (C=O) groups is 2. The maximum absolute atomic E-state index is 14.6. The summed E-state index contributed by atoms with van der Waals surface area (Å²) < 4.78 is 75.8. The molecule has 0 spiro atoms. The summed E-state index contributed by atoms with van der Waals surface area (Å²) in [6.07, 6.45) is -4.17. The average Bonchev–Trinajstić information content (AvgIpc) is 3.09. The van der Waals surface area contributed by atoms with E-state index in [2.05, 4.69) is 5.32 Å². The van der Waals surface area contributed by atoms with Crippen LogP contribution in [-0.2, 0) is 38.8 Å². The zero-order chi connectivity index (χ0) is 35.8. The van der Waals surface area contributed by atoms with Crippen molar-refractivity contribution in [3.05, 3.63) is 125 Å². The molecule has 0 unspecified atom stereocenters. The molecule has 0 fully saturated rings. The molecule has 0 aromatic heterocycles. The molecule has 0 aliphatic heterocycles. The van der Waals surface area contributed by atoms with Gasteiger partial charge in [0.2, 0.25) is 11.8 Å². The van der Waals surface area contributed by atoms with E-state index in [1.54, 1.807) is 54.6 Å². The highest BCUT2D eigenvalue weighted by Crippen LogP contribution is 2.37. The Hall–Kier alpha value is -4.55. The normalized spacial score (nSPS) is 12.9. The fourth-order valence-electron chi connectivity index (χ4n) is 5.08. The number of nitrogens with zero attached hydrogens (tertiary/aromatic N) is 2. The van der Waals surface area contributed by atoms with Crippen molar-refractivity contribution in [2.45, 2.75) is 56.4 Å². The van der Waals surface area contributed by atoms with E-state index in [0.717, 1.165) is 17.7 Å². The van der Waals surface area contributed by atoms with Crippen molar-refractivity contribution in [2.24, 2.45) is 0 Å². The number of sulfonamides is 1. The average molecular weight is 716 g/mol. The molecule has 4 rings (SSSR count). The molecule has 2 amide bonds. The Morgan fingerprint density at radius 3 is 2.14 bits per heavy atom. The monoisotopic (exact) mass is 715 g/mol. The summed E-state index contributed by atoms with van der Waals surface area (Å²) in [5.41, 5.74) is -0.406. The Bertz CT molecular complexity index is 1840. The van der Waals surface area contributed by atoms with Crippen LogP contribution in [0, 0.1) is 0 Å². The molecule has 0 saturated carbocycles. The van der Waals surface area contributed by atoms with Crippen LogP contribution >= 0.6 is 11.6 Å². The third-order valence-electron chi connectivity index (χ3n) is 7.91. The first-order chi connectivity index (χ1) is 23.2. The van der Waals surface area contributed by atoms with Crippen LogP contribution in [0.25, 0.3) is 0 Å². The van der Waals surface area contributed by atoms with E-state index >= 15 is 0 Å². The number of hydrogen-bond donors (Lipinski definition) is 1. The smallest absolute Gasteiger partial charge is 0.416 e. The van der Waals surface area contributed by atoms with Gasteiger partial charge in [0, 0.05) is 19.0 Å². The Kier molecular flexibility index (Phi) is 12.3. The van der Waals surface area contributed by atoms with Gasteiger partial charge in [-0.05, 0) is 66.9 Å². The van der Waals surface area contributed by atoms with Crippen LogP contribution in [-0.4, -0.2) is 50.9 Å². The summed E-state index contributed by atoms with van der Waals surface area (Å²) in [6.45, 7) is 2.58. The van der Waals surface area contributed by atoms with Gasteiger partial charge >= 0.3 is 6.18 Å². The van der Waals surface area contributed by atoms with Crippen molar-refractivity contribution < 1.29 is 35.9 Å². The van der Waals surface area contributed by atoms with Gasteiger partial charge < -0.3 is 15.0 Å². The molecular weight excluding hydrogens is 679 g/mol. The molecule has 0 saturated heterocycles. The van der Waals surface area contributed by atoms with E-state index in [1.807, 2.05) is 19.9 Å². The van der Waals surface area contributed by atoms with Crippen LogP contribution in [0.2, 0.25) is 5.02 Å². The van der Waals surface area contributed by atoms with Gasteiger partial charge in [-0.2, -0.15) is 13.2 Å². The standard InChI is InChI=1S/C36H37ClF3N3O5S/c1-4-25(2)41-35(45)33(21-26-12-7-5-8-13-26)42(23-27-14-11-15-29(20-27)48-3)34(44)24-43(49(46,47)30-16-9-6-10-17-30)32-22-28(36(38,39)40)18-19-31(32)37/h5-20,22,25,33H,4,21,23-24H2,1-3H3,(H,41,45)/t25-,33-/m1/s1. The second-order valence-electron chi connectivity index (χ2n) is 11.4. The van der Waals surface area contributed by atoms with Gasteiger partial charge in [0.25, 0.3) is 10.0 Å². The largest absolute Gasteiger partial charge is 0.497 e. The Labute approximate surface area is 289 Å². The molecule has 0 aliphatic carbocycles. The number of anilines is 1. The number of rotatable bonds is 14. The molecule has 8 nitrogen and oxygen atoms in total. The lowest BCUT2D eigenvalue weighted by atomic mass is 10.0. The summed E-state index contributed by atoms with van der Waals surface area (Å²) in [6, 6.07) is 23.6. The van der Waals surface area contributed by atoms with Crippen LogP contribution in [0.15, 0.2) is 108 Å². The number of methoxy groups -OCH3 is 1. The van der Waals surface area contributed by atoms with Crippen molar-refractivity contribution in [2.75, 3.05) is 18.0 Å². The van der Waals surface area contributed by atoms with Gasteiger partial charge in [-0.15, -0.1) is 0 Å². The third-order valence-corrected chi connectivity index (χ3v) is 10.0. The lowest BCUT2D eigenvalue weighted by molar-refractivity contribution is -0.140. The number of amides is 2. The first kappa shape index (κ1) is 37.3. The molecule has 49 heavy (non-hydrogen) atoms. The van der Waals surface area contributed by atoms with Crippen LogP contribution in [0.5, 0.6) is 5.75 Å². The minimum absolute atomic E-state index is 0.0641. The predicted molar refractivity (Wildman–Crippen MR) is 183 cm³/mol. The number of halogens is 4. The number of benzene rings is 4. The number of alkyl halides is 3. The predicted octanol–water partition coefficient (Wildman–Crippen LogP) is 7.12. The van der Waals surface area contributed by atoms with Crippen molar-refractivity contribution in [1.29, 1.82) is 0 Å². The van der Waals surface area contributed by atoms with E-state index in [4.69, 9.17) is 16.3 Å². The van der Waals surface area contributed by atoms with E-state index in [1.165, 1.54) is 36.3 Å². The summed E-state index contributed by atoms with van der Waals surface area (Å²) in [4.78, 5) is 29.5. The van der Waals surface area contributed by atoms with Gasteiger partial charge in [-0.25, -0.2) is 8.42 Å². The molecule has 4 aromatic rings. The second-order valence-corrected chi connectivity index (χ2v) is 13.7. The van der Waals surface area contributed by atoms with Gasteiger partial charge in [0.1, 0.15) is 18.3 Å². The van der Waals surface area contributed by atoms with E-state index < -0.39 is 51.9 Å². The molecule has 260 valence electrons. The first-order valence-corrected chi connectivity index (χ1v) is 17.3. The van der Waals surface area contributed by atoms with Crippen LogP contribution in [0.4, 0.5) is 18.9 Å². The summed E-state index contributed by atoms with van der Waals surface area (Å²) in [7, 11) is -3.19. The number of ether oxygens (including phenoxy) is 1. The number of nitrogens with one attached hydrogen (secondary N) is 1. The topological polar surface area (TPSA) is 96.0 Å². The zero-order valence-electron chi connectivity index (χ0n) is 27.2. The first-order valence-electron chi connectivity index (χ1n) is 15.5. The summed E-state index contributed by atoms with van der Waals surface area (Å²) in [5.74, 6) is -0.849. The molecule has 4 aromatic carbocycles. The fraction of sp³-hybridized carbons (Fsp3) is 0.278. The molecular formula is C36H37ClF3N3O5S. The highest BCUT2D eigenvalue weighted by Gasteiger charge is 2.37. The fourth-order valence-corrected chi connectivity index (χ4v) is 6.79. The summed E-state index contributed by atoms with van der Waals surface area (Å²) >= 11 is 6.38. The van der Waals surface area contributed by atoms with E-state index in [0.29, 0.717) is 28.1 Å². The lowest BCUT2D eigenvalue weighted by Crippen LogP contribution is -2.54. The summed E-state index contributed by atoms with van der Waals surface area (Å²) in [5, 5.41) is 2.61. The van der Waals surface area contributed by atoms with Gasteiger partial charge in [-0.1, -0.05) is 79.2 Å². The minimum atomic E-state index is -4.83. The third kappa shape index (κ3) is 9.54. The van der Waals surface area contributed by atoms with Crippen molar-refractivity contribution in [3.8, 4) is 5.75 Å². The Balaban J connectivity index is 1.88. The molecule has 2 atom stereocenters. The number of hydrogen-bond acceptors (Lipinski definition) is 5. The van der Waals surface area contributed by atoms with Crippen molar-refractivity contribution in [1.82, 2.24) is 10.2 Å². The Morgan fingerprint density at radius 1 is 0.898 bits per heavy atom. The van der Waals surface area contributed by atoms with Gasteiger partial charge in [-0.3, -0.25) is 13.9 Å². The quantitative estimate of drug-likeness (QED) is 0.150. The molecule has 13 heteroatoms. The molecule has 0 heterocycles. The van der Waals surface area contributed by atoms with Crippen molar-refractivity contribution in [3.63, 3.8) is 0 Å². The SMILES string of the molecule is CC[C@@H](C)NC(=O)[C@@H](Cc1ccccc1)N(Cc1cccc(OC)c1)C(=O)CN(c1cc(C(F)(F)F)ccc1Cl)S(=O)(=O)c1ccccc1. The highest BCUT2D eigenvalue weighted by atomic mass is 35.5. The van der Waals surface area contributed by atoms with E-state index in [-0.39, 0.29) is 28.9 Å². The van der Waals surface area contributed by atoms with Crippen molar-refractivity contribution >= 4 is 39.1 Å². The number of carbonyl (C=O) groups excluding carboxylic acids is 2.